The molecule has 180 valence electrons. The van der Waals surface area contributed by atoms with E-state index in [1.165, 1.54) is 36.4 Å². The number of carbonyl (C=O) groups is 3. The second kappa shape index (κ2) is 10.4. The summed E-state index contributed by atoms with van der Waals surface area (Å²) in [6.45, 7) is -0.586. The first-order chi connectivity index (χ1) is 16.8. The zero-order valence-corrected chi connectivity index (χ0v) is 19.4. The summed E-state index contributed by atoms with van der Waals surface area (Å²) in [5, 5.41) is 5.45. The van der Waals surface area contributed by atoms with E-state index in [9.17, 15) is 22.8 Å². The number of nitrogens with one attached hydrogen (secondary N) is 3. The number of anilines is 2. The Hall–Kier alpha value is -4.18. The van der Waals surface area contributed by atoms with Gasteiger partial charge in [-0.05, 0) is 55.3 Å². The second-order valence-electron chi connectivity index (χ2n) is 7.92. The van der Waals surface area contributed by atoms with Crippen LogP contribution in [0.15, 0.2) is 83.8 Å². The van der Waals surface area contributed by atoms with Crippen LogP contribution in [0.25, 0.3) is 0 Å². The number of amides is 2. The SMILES string of the molecule is O=C(COC(=O)c1cccc(NS(=O)(=O)c2ccccc2)c1)Nc1ccccc1C(=O)NC1CC1. The smallest absolute Gasteiger partial charge is 0.338 e. The summed E-state index contributed by atoms with van der Waals surface area (Å²) in [5.74, 6) is -1.71. The normalized spacial score (nSPS) is 12.9. The number of hydrogen-bond acceptors (Lipinski definition) is 6. The molecular formula is C25H23N3O6S. The minimum absolute atomic E-state index is 0.0651. The predicted octanol–water partition coefficient (Wildman–Crippen LogP) is 3.18. The number of benzene rings is 3. The molecule has 0 atom stereocenters. The van der Waals surface area contributed by atoms with Crippen molar-refractivity contribution in [3.05, 3.63) is 90.0 Å². The van der Waals surface area contributed by atoms with Gasteiger partial charge in [0.15, 0.2) is 6.61 Å². The summed E-state index contributed by atoms with van der Waals surface area (Å²) in [4.78, 5) is 37.3. The van der Waals surface area contributed by atoms with Crippen LogP contribution in [-0.4, -0.2) is 38.9 Å². The Labute approximate surface area is 202 Å². The van der Waals surface area contributed by atoms with Gasteiger partial charge in [-0.25, -0.2) is 13.2 Å². The van der Waals surface area contributed by atoms with E-state index >= 15 is 0 Å². The number of ether oxygens (including phenoxy) is 1. The van der Waals surface area contributed by atoms with Crippen molar-refractivity contribution in [2.24, 2.45) is 0 Å². The molecule has 1 saturated carbocycles. The van der Waals surface area contributed by atoms with Gasteiger partial charge in [0.1, 0.15) is 0 Å². The molecule has 0 spiro atoms. The molecule has 4 rings (SSSR count). The van der Waals surface area contributed by atoms with Crippen molar-refractivity contribution in [2.75, 3.05) is 16.6 Å². The largest absolute Gasteiger partial charge is 0.452 e. The molecule has 0 saturated heterocycles. The first-order valence-corrected chi connectivity index (χ1v) is 12.3. The highest BCUT2D eigenvalue weighted by Crippen LogP contribution is 2.22. The molecule has 1 aliphatic carbocycles. The van der Waals surface area contributed by atoms with Gasteiger partial charge in [-0.15, -0.1) is 0 Å². The molecule has 0 unspecified atom stereocenters. The number of carbonyl (C=O) groups excluding carboxylic acids is 3. The van der Waals surface area contributed by atoms with Crippen LogP contribution in [-0.2, 0) is 19.6 Å². The summed E-state index contributed by atoms with van der Waals surface area (Å²) in [7, 11) is -3.83. The molecule has 3 aromatic rings. The van der Waals surface area contributed by atoms with Crippen LogP contribution in [0.1, 0.15) is 33.6 Å². The van der Waals surface area contributed by atoms with Gasteiger partial charge in [0.05, 0.1) is 21.7 Å². The van der Waals surface area contributed by atoms with Gasteiger partial charge < -0.3 is 15.4 Å². The predicted molar refractivity (Wildman–Crippen MR) is 130 cm³/mol. The van der Waals surface area contributed by atoms with E-state index in [4.69, 9.17) is 4.74 Å². The maximum atomic E-state index is 12.5. The van der Waals surface area contributed by atoms with E-state index in [-0.39, 0.29) is 28.1 Å². The molecule has 35 heavy (non-hydrogen) atoms. The van der Waals surface area contributed by atoms with Gasteiger partial charge >= 0.3 is 5.97 Å². The van der Waals surface area contributed by atoms with Gasteiger partial charge in [-0.1, -0.05) is 36.4 Å². The van der Waals surface area contributed by atoms with Gasteiger partial charge in [-0.3, -0.25) is 14.3 Å². The van der Waals surface area contributed by atoms with Crippen LogP contribution in [0.2, 0.25) is 0 Å². The molecule has 0 radical (unpaired) electrons. The minimum atomic E-state index is -3.83. The molecular weight excluding hydrogens is 470 g/mol. The van der Waals surface area contributed by atoms with Crippen LogP contribution in [0.4, 0.5) is 11.4 Å². The molecule has 0 aromatic heterocycles. The van der Waals surface area contributed by atoms with E-state index in [2.05, 4.69) is 15.4 Å². The molecule has 3 aromatic carbocycles. The molecule has 1 fully saturated rings. The second-order valence-corrected chi connectivity index (χ2v) is 9.60. The number of rotatable bonds is 9. The van der Waals surface area contributed by atoms with E-state index in [1.54, 1.807) is 42.5 Å². The number of hydrogen-bond donors (Lipinski definition) is 3. The molecule has 9 nitrogen and oxygen atoms in total. The van der Waals surface area contributed by atoms with Crippen molar-refractivity contribution in [1.29, 1.82) is 0 Å². The van der Waals surface area contributed by atoms with Crippen molar-refractivity contribution >= 4 is 39.2 Å². The highest BCUT2D eigenvalue weighted by Gasteiger charge is 2.25. The lowest BCUT2D eigenvalue weighted by atomic mass is 10.1. The number of sulfonamides is 1. The topological polar surface area (TPSA) is 131 Å². The van der Waals surface area contributed by atoms with Crippen LogP contribution in [0.5, 0.6) is 0 Å². The first-order valence-electron chi connectivity index (χ1n) is 10.9. The molecule has 10 heteroatoms. The standard InChI is InChI=1S/C25H23N3O6S/c29-23(27-22-12-5-4-11-21(22)24(30)26-18-13-14-18)16-34-25(31)17-7-6-8-19(15-17)28-35(32,33)20-9-2-1-3-10-20/h1-12,15,18,28H,13-14,16H2,(H,26,30)(H,27,29). The molecule has 0 aliphatic heterocycles. The highest BCUT2D eigenvalue weighted by molar-refractivity contribution is 7.92. The summed E-state index contributed by atoms with van der Waals surface area (Å²) in [6, 6.07) is 20.3. The fraction of sp³-hybridized carbons (Fsp3) is 0.160. The average Bonchev–Trinajstić information content (AvgIpc) is 3.67. The third kappa shape index (κ3) is 6.45. The van der Waals surface area contributed by atoms with Gasteiger partial charge in [-0.2, -0.15) is 0 Å². The minimum Gasteiger partial charge on any atom is -0.452 e. The van der Waals surface area contributed by atoms with E-state index in [1.807, 2.05) is 0 Å². The molecule has 1 aliphatic rings. The van der Waals surface area contributed by atoms with Crippen molar-refractivity contribution in [3.63, 3.8) is 0 Å². The molecule has 0 heterocycles. The fourth-order valence-corrected chi connectivity index (χ4v) is 4.28. The summed E-state index contributed by atoms with van der Waals surface area (Å²) >= 11 is 0. The highest BCUT2D eigenvalue weighted by atomic mass is 32.2. The third-order valence-electron chi connectivity index (χ3n) is 5.10. The Morgan fingerprint density at radius 2 is 1.60 bits per heavy atom. The van der Waals surface area contributed by atoms with E-state index in [0.29, 0.717) is 11.3 Å². The Kier molecular flexibility index (Phi) is 7.11. The Morgan fingerprint density at radius 1 is 0.886 bits per heavy atom. The number of para-hydroxylation sites is 1. The van der Waals surface area contributed by atoms with Gasteiger partial charge in [0.2, 0.25) is 0 Å². The average molecular weight is 494 g/mol. The monoisotopic (exact) mass is 493 g/mol. The van der Waals surface area contributed by atoms with Crippen molar-refractivity contribution < 1.29 is 27.5 Å². The van der Waals surface area contributed by atoms with Gasteiger partial charge in [0, 0.05) is 11.7 Å². The Bertz CT molecular complexity index is 1350. The zero-order chi connectivity index (χ0) is 24.8. The molecule has 3 N–H and O–H groups in total. The maximum Gasteiger partial charge on any atom is 0.338 e. The van der Waals surface area contributed by atoms with E-state index in [0.717, 1.165) is 12.8 Å². The lowest BCUT2D eigenvalue weighted by Gasteiger charge is -2.12. The molecule has 0 bridgehead atoms. The first kappa shape index (κ1) is 24.0. The van der Waals surface area contributed by atoms with Crippen LogP contribution < -0.4 is 15.4 Å². The lowest BCUT2D eigenvalue weighted by molar-refractivity contribution is -0.119. The number of esters is 1. The summed E-state index contributed by atoms with van der Waals surface area (Å²) in [6.07, 6.45) is 1.87. The maximum absolute atomic E-state index is 12.5. The van der Waals surface area contributed by atoms with Crippen molar-refractivity contribution in [1.82, 2.24) is 5.32 Å². The lowest BCUT2D eigenvalue weighted by Crippen LogP contribution is -2.28. The summed E-state index contributed by atoms with van der Waals surface area (Å²) in [5.41, 5.74) is 0.861. The van der Waals surface area contributed by atoms with Crippen LogP contribution >= 0.6 is 0 Å². The van der Waals surface area contributed by atoms with E-state index < -0.39 is 28.5 Å². The van der Waals surface area contributed by atoms with Gasteiger partial charge in [0.25, 0.3) is 21.8 Å². The quantitative estimate of drug-likeness (QED) is 0.393. The fourth-order valence-electron chi connectivity index (χ4n) is 3.21. The van der Waals surface area contributed by atoms with Crippen molar-refractivity contribution in [3.8, 4) is 0 Å². The Morgan fingerprint density at radius 3 is 2.34 bits per heavy atom. The van der Waals surface area contributed by atoms with Crippen LogP contribution in [0.3, 0.4) is 0 Å². The molecule has 2 amide bonds. The van der Waals surface area contributed by atoms with Crippen LogP contribution in [0, 0.1) is 0 Å². The third-order valence-corrected chi connectivity index (χ3v) is 6.49. The Balaban J connectivity index is 1.35. The zero-order valence-electron chi connectivity index (χ0n) is 18.6. The summed E-state index contributed by atoms with van der Waals surface area (Å²) < 4.78 is 32.5. The van der Waals surface area contributed by atoms with Crippen molar-refractivity contribution in [2.45, 2.75) is 23.8 Å².